The van der Waals surface area contributed by atoms with Crippen LogP contribution < -0.4 is 10.3 Å². The molecule has 2 aliphatic rings. The van der Waals surface area contributed by atoms with Crippen LogP contribution in [0.3, 0.4) is 0 Å². The van der Waals surface area contributed by atoms with Crippen LogP contribution in [0.5, 0.6) is 5.75 Å². The van der Waals surface area contributed by atoms with Crippen LogP contribution in [0.2, 0.25) is 5.02 Å². The molecule has 0 aliphatic carbocycles. The fourth-order valence-electron chi connectivity index (χ4n) is 4.09. The first kappa shape index (κ1) is 20.0. The van der Waals surface area contributed by atoms with Gasteiger partial charge in [-0.3, -0.25) is 9.59 Å². The highest BCUT2D eigenvalue weighted by Crippen LogP contribution is 2.36. The van der Waals surface area contributed by atoms with E-state index in [1.165, 1.54) is 0 Å². The van der Waals surface area contributed by atoms with E-state index in [0.29, 0.717) is 41.5 Å². The number of carbonyl (C=O) groups excluding carboxylic acids is 1. The first-order valence-electron chi connectivity index (χ1n) is 9.93. The number of aryl methyl sites for hydroxylation is 2. The molecule has 2 aromatic rings. The van der Waals surface area contributed by atoms with Gasteiger partial charge in [-0.1, -0.05) is 17.7 Å². The maximum atomic E-state index is 13.2. The maximum absolute atomic E-state index is 13.2. The van der Waals surface area contributed by atoms with Crippen LogP contribution >= 0.6 is 11.6 Å². The number of ether oxygens (including phenoxy) is 2. The third kappa shape index (κ3) is 3.79. The third-order valence-electron chi connectivity index (χ3n) is 5.77. The standard InChI is InChI=1S/C22H25ClN2O4/c1-12-10-13(2)24-21(26)16(12)11-25-8-6-15-4-5-18(20(23)19(15)22(25)27)29-17-7-9-28-14(17)3/h4-5,10,14,17H,6-9,11H2,1-3H3,(H,24,26)/t14-,17+/m0/s1. The Morgan fingerprint density at radius 1 is 1.31 bits per heavy atom. The number of carbonyl (C=O) groups is 1. The van der Waals surface area contributed by atoms with Gasteiger partial charge in [-0.2, -0.15) is 0 Å². The fraction of sp³-hybridized carbons (Fsp3) is 0.455. The predicted molar refractivity (Wildman–Crippen MR) is 111 cm³/mol. The molecule has 1 N–H and O–H groups in total. The lowest BCUT2D eigenvalue weighted by Gasteiger charge is -2.30. The van der Waals surface area contributed by atoms with Gasteiger partial charge >= 0.3 is 0 Å². The number of fused-ring (bicyclic) bond motifs is 1. The normalized spacial score (nSPS) is 21.4. The Labute approximate surface area is 174 Å². The topological polar surface area (TPSA) is 71.6 Å². The highest BCUT2D eigenvalue weighted by molar-refractivity contribution is 6.35. The molecule has 1 fully saturated rings. The van der Waals surface area contributed by atoms with Gasteiger partial charge in [0.1, 0.15) is 11.9 Å². The van der Waals surface area contributed by atoms with Gasteiger partial charge in [0.05, 0.1) is 29.8 Å². The van der Waals surface area contributed by atoms with Crippen molar-refractivity contribution in [3.05, 3.63) is 61.5 Å². The van der Waals surface area contributed by atoms with Crippen LogP contribution in [0.1, 0.15) is 46.1 Å². The number of nitrogens with one attached hydrogen (secondary N) is 1. The number of aromatic nitrogens is 1. The van der Waals surface area contributed by atoms with Crippen molar-refractivity contribution >= 4 is 17.5 Å². The number of rotatable bonds is 4. The van der Waals surface area contributed by atoms with E-state index >= 15 is 0 Å². The molecule has 2 atom stereocenters. The van der Waals surface area contributed by atoms with Gasteiger partial charge in [0.15, 0.2) is 0 Å². The molecule has 0 unspecified atom stereocenters. The second-order valence-electron chi connectivity index (χ2n) is 7.85. The summed E-state index contributed by atoms with van der Waals surface area (Å²) in [5, 5.41) is 0.339. The van der Waals surface area contributed by atoms with E-state index in [1.807, 2.05) is 39.0 Å². The number of nitrogens with zero attached hydrogens (tertiary/aromatic N) is 1. The first-order valence-corrected chi connectivity index (χ1v) is 10.3. The predicted octanol–water partition coefficient (Wildman–Crippen LogP) is 3.40. The number of amides is 1. The zero-order chi connectivity index (χ0) is 20.7. The number of hydrogen-bond donors (Lipinski definition) is 1. The Bertz CT molecular complexity index is 1020. The highest BCUT2D eigenvalue weighted by Gasteiger charge is 2.31. The monoisotopic (exact) mass is 416 g/mol. The minimum absolute atomic E-state index is 0.00876. The summed E-state index contributed by atoms with van der Waals surface area (Å²) in [6, 6.07) is 5.67. The molecule has 3 heterocycles. The molecule has 1 saturated heterocycles. The molecule has 2 aliphatic heterocycles. The average Bonchev–Trinajstić information content (AvgIpc) is 3.06. The van der Waals surface area contributed by atoms with E-state index in [1.54, 1.807) is 4.90 Å². The van der Waals surface area contributed by atoms with E-state index in [-0.39, 0.29) is 30.2 Å². The van der Waals surface area contributed by atoms with Crippen molar-refractivity contribution in [2.24, 2.45) is 0 Å². The van der Waals surface area contributed by atoms with Gasteiger partial charge in [-0.25, -0.2) is 0 Å². The molecule has 6 nitrogen and oxygen atoms in total. The number of aromatic amines is 1. The fourth-order valence-corrected chi connectivity index (χ4v) is 4.40. The number of benzene rings is 1. The van der Waals surface area contributed by atoms with Crippen molar-refractivity contribution in [2.45, 2.75) is 52.4 Å². The number of H-pyrrole nitrogens is 1. The lowest BCUT2D eigenvalue weighted by Crippen LogP contribution is -2.39. The Morgan fingerprint density at radius 3 is 2.79 bits per heavy atom. The van der Waals surface area contributed by atoms with Crippen molar-refractivity contribution in [1.82, 2.24) is 9.88 Å². The van der Waals surface area contributed by atoms with Crippen LogP contribution in [-0.2, 0) is 17.7 Å². The molecule has 0 saturated carbocycles. The largest absolute Gasteiger partial charge is 0.486 e. The summed E-state index contributed by atoms with van der Waals surface area (Å²) in [4.78, 5) is 30.1. The van der Waals surface area contributed by atoms with Gasteiger partial charge in [-0.05, 0) is 50.5 Å². The van der Waals surface area contributed by atoms with E-state index in [2.05, 4.69) is 4.98 Å². The van der Waals surface area contributed by atoms with Gasteiger partial charge in [0.2, 0.25) is 0 Å². The lowest BCUT2D eigenvalue weighted by molar-refractivity contribution is 0.0668. The molecule has 0 bridgehead atoms. The smallest absolute Gasteiger partial charge is 0.256 e. The van der Waals surface area contributed by atoms with Crippen molar-refractivity contribution in [3.63, 3.8) is 0 Å². The van der Waals surface area contributed by atoms with Gasteiger partial charge in [-0.15, -0.1) is 0 Å². The summed E-state index contributed by atoms with van der Waals surface area (Å²) in [6.45, 7) is 7.17. The number of halogens is 1. The molecule has 1 aromatic carbocycles. The van der Waals surface area contributed by atoms with Gasteiger partial charge in [0, 0.05) is 24.2 Å². The summed E-state index contributed by atoms with van der Waals surface area (Å²) in [6.07, 6.45) is 1.40. The zero-order valence-electron chi connectivity index (χ0n) is 16.9. The summed E-state index contributed by atoms with van der Waals surface area (Å²) in [5.41, 5.74) is 3.52. The molecule has 1 aromatic heterocycles. The quantitative estimate of drug-likeness (QED) is 0.829. The van der Waals surface area contributed by atoms with Crippen LogP contribution in [-0.4, -0.2) is 41.2 Å². The van der Waals surface area contributed by atoms with Gasteiger partial charge < -0.3 is 19.4 Å². The Balaban J connectivity index is 1.61. The summed E-state index contributed by atoms with van der Waals surface area (Å²) in [7, 11) is 0. The molecular weight excluding hydrogens is 392 g/mol. The minimum Gasteiger partial charge on any atom is -0.486 e. The second-order valence-corrected chi connectivity index (χ2v) is 8.23. The SMILES string of the molecule is Cc1cc(C)c(CN2CCc3ccc(O[C@@H]4CCO[C@H]4C)c(Cl)c3C2=O)c(=O)[nH]1. The summed E-state index contributed by atoms with van der Waals surface area (Å²) < 4.78 is 11.6. The molecule has 154 valence electrons. The highest BCUT2D eigenvalue weighted by atomic mass is 35.5. The zero-order valence-corrected chi connectivity index (χ0v) is 17.6. The molecule has 4 rings (SSSR count). The molecule has 29 heavy (non-hydrogen) atoms. The first-order chi connectivity index (χ1) is 13.8. The van der Waals surface area contributed by atoms with Crippen molar-refractivity contribution < 1.29 is 14.3 Å². The maximum Gasteiger partial charge on any atom is 0.256 e. The molecular formula is C22H25ClN2O4. The number of pyridine rings is 1. The molecule has 0 spiro atoms. The minimum atomic E-state index is -0.170. The van der Waals surface area contributed by atoms with E-state index in [4.69, 9.17) is 21.1 Å². The van der Waals surface area contributed by atoms with Crippen molar-refractivity contribution in [1.29, 1.82) is 0 Å². The van der Waals surface area contributed by atoms with Crippen molar-refractivity contribution in [3.8, 4) is 5.75 Å². The molecule has 7 heteroatoms. The van der Waals surface area contributed by atoms with Crippen LogP contribution in [0, 0.1) is 13.8 Å². The molecule has 1 amide bonds. The summed E-state index contributed by atoms with van der Waals surface area (Å²) >= 11 is 6.62. The lowest BCUT2D eigenvalue weighted by atomic mass is 9.97. The van der Waals surface area contributed by atoms with Crippen LogP contribution in [0.25, 0.3) is 0 Å². The van der Waals surface area contributed by atoms with Crippen molar-refractivity contribution in [2.75, 3.05) is 13.2 Å². The average molecular weight is 417 g/mol. The van der Waals surface area contributed by atoms with E-state index in [9.17, 15) is 9.59 Å². The Morgan fingerprint density at radius 2 is 2.10 bits per heavy atom. The van der Waals surface area contributed by atoms with E-state index < -0.39 is 0 Å². The number of hydrogen-bond acceptors (Lipinski definition) is 4. The molecule has 0 radical (unpaired) electrons. The van der Waals surface area contributed by atoms with Crippen LogP contribution in [0.4, 0.5) is 0 Å². The second kappa shape index (κ2) is 7.84. The van der Waals surface area contributed by atoms with Gasteiger partial charge in [0.25, 0.3) is 11.5 Å². The Kier molecular flexibility index (Phi) is 5.40. The summed E-state index contributed by atoms with van der Waals surface area (Å²) in [5.74, 6) is 0.337. The Hall–Kier alpha value is -2.31. The van der Waals surface area contributed by atoms with E-state index in [0.717, 1.165) is 23.2 Å². The van der Waals surface area contributed by atoms with Crippen LogP contribution in [0.15, 0.2) is 23.0 Å². The third-order valence-corrected chi connectivity index (χ3v) is 6.15.